The van der Waals surface area contributed by atoms with Gasteiger partial charge in [-0.05, 0) is 26.0 Å². The highest BCUT2D eigenvalue weighted by molar-refractivity contribution is 5.95. The van der Waals surface area contributed by atoms with Crippen molar-refractivity contribution in [1.29, 1.82) is 0 Å². The van der Waals surface area contributed by atoms with Gasteiger partial charge in [-0.15, -0.1) is 0 Å². The number of hydrogen-bond donors (Lipinski definition) is 1. The highest BCUT2D eigenvalue weighted by Crippen LogP contribution is 2.20. The number of aliphatic hydroxyl groups excluding tert-OH is 1. The predicted octanol–water partition coefficient (Wildman–Crippen LogP) is 1.29. The van der Waals surface area contributed by atoms with Crippen LogP contribution in [0.2, 0.25) is 0 Å². The third-order valence-corrected chi connectivity index (χ3v) is 4.37. The van der Waals surface area contributed by atoms with Gasteiger partial charge in [0.05, 0.1) is 12.7 Å². The van der Waals surface area contributed by atoms with Crippen LogP contribution in [0.1, 0.15) is 23.2 Å². The summed E-state index contributed by atoms with van der Waals surface area (Å²) in [5.41, 5.74) is 2.24. The minimum absolute atomic E-state index is 0.106. The number of pyridine rings is 1. The molecular formula is C18H25N3O4. The summed E-state index contributed by atoms with van der Waals surface area (Å²) in [5, 5.41) is 9.92. The summed E-state index contributed by atoms with van der Waals surface area (Å²) in [7, 11) is 0. The van der Waals surface area contributed by atoms with E-state index in [1.54, 1.807) is 11.0 Å². The third-order valence-electron chi connectivity index (χ3n) is 4.37. The van der Waals surface area contributed by atoms with Crippen LogP contribution in [0, 0.1) is 6.92 Å². The topological polar surface area (TPSA) is 79.0 Å². The Kier molecular flexibility index (Phi) is 5.67. The molecule has 25 heavy (non-hydrogen) atoms. The highest BCUT2D eigenvalue weighted by atomic mass is 16.5. The van der Waals surface area contributed by atoms with Crippen molar-refractivity contribution in [1.82, 2.24) is 14.8 Å². The van der Waals surface area contributed by atoms with E-state index in [1.807, 2.05) is 26.0 Å². The second kappa shape index (κ2) is 7.95. The van der Waals surface area contributed by atoms with Crippen molar-refractivity contribution in [3.63, 3.8) is 0 Å². The second-order valence-corrected chi connectivity index (χ2v) is 6.35. The molecule has 3 heterocycles. The molecule has 0 saturated carbocycles. The molecule has 1 N–H and O–H groups in total. The number of nitrogens with zero attached hydrogens (tertiary/aromatic N) is 3. The van der Waals surface area contributed by atoms with Crippen LogP contribution in [0.15, 0.2) is 22.6 Å². The summed E-state index contributed by atoms with van der Waals surface area (Å²) in [6, 6.07) is 5.42. The second-order valence-electron chi connectivity index (χ2n) is 6.35. The Labute approximate surface area is 147 Å². The van der Waals surface area contributed by atoms with Crippen molar-refractivity contribution in [2.45, 2.75) is 20.0 Å². The molecule has 1 amide bonds. The van der Waals surface area contributed by atoms with Crippen molar-refractivity contribution >= 4 is 17.0 Å². The van der Waals surface area contributed by atoms with Gasteiger partial charge >= 0.3 is 0 Å². The molecule has 1 fully saturated rings. The van der Waals surface area contributed by atoms with Crippen LogP contribution in [-0.2, 0) is 4.74 Å². The number of ether oxygens (including phenoxy) is 1. The van der Waals surface area contributed by atoms with Gasteiger partial charge < -0.3 is 19.2 Å². The fourth-order valence-corrected chi connectivity index (χ4v) is 3.03. The summed E-state index contributed by atoms with van der Waals surface area (Å²) < 4.78 is 10.9. The smallest absolute Gasteiger partial charge is 0.289 e. The van der Waals surface area contributed by atoms with Crippen LogP contribution in [0.4, 0.5) is 0 Å². The number of furan rings is 1. The van der Waals surface area contributed by atoms with Crippen LogP contribution in [0.3, 0.4) is 0 Å². The molecule has 2 aromatic rings. The van der Waals surface area contributed by atoms with E-state index in [9.17, 15) is 9.90 Å². The molecule has 7 nitrogen and oxygen atoms in total. The molecule has 0 unspecified atom stereocenters. The van der Waals surface area contributed by atoms with Crippen LogP contribution in [0.5, 0.6) is 0 Å². The molecule has 3 rings (SSSR count). The molecule has 0 aliphatic carbocycles. The van der Waals surface area contributed by atoms with Gasteiger partial charge in [-0.3, -0.25) is 9.69 Å². The lowest BCUT2D eigenvalue weighted by atomic mass is 10.2. The SMILES string of the molecule is CCOC[C@H](O)CN1CCN(C(=O)c2cc3nc(C)ccc3o2)CC1. The number of aromatic nitrogens is 1. The molecule has 0 bridgehead atoms. The molecule has 1 saturated heterocycles. The van der Waals surface area contributed by atoms with E-state index in [0.29, 0.717) is 49.7 Å². The number of carbonyl (C=O) groups excluding carboxylic acids is 1. The van der Waals surface area contributed by atoms with Crippen molar-refractivity contribution in [2.75, 3.05) is 45.9 Å². The van der Waals surface area contributed by atoms with Crippen LogP contribution in [-0.4, -0.2) is 77.8 Å². The number of aryl methyl sites for hydroxylation is 1. The van der Waals surface area contributed by atoms with Gasteiger partial charge in [0.1, 0.15) is 5.52 Å². The normalized spacial score (nSPS) is 17.2. The van der Waals surface area contributed by atoms with Gasteiger partial charge in [-0.25, -0.2) is 4.98 Å². The molecular weight excluding hydrogens is 322 g/mol. The Hall–Kier alpha value is -1.96. The van der Waals surface area contributed by atoms with Crippen LogP contribution in [0.25, 0.3) is 11.1 Å². The van der Waals surface area contributed by atoms with Crippen molar-refractivity contribution in [3.8, 4) is 0 Å². The standard InChI is InChI=1S/C18H25N3O4/c1-3-24-12-14(22)11-20-6-8-21(9-7-20)18(23)17-10-15-16(25-17)5-4-13(2)19-15/h4-5,10,14,22H,3,6-9,11-12H2,1-2H3/t14-/m1/s1. The Morgan fingerprint density at radius 1 is 1.36 bits per heavy atom. The molecule has 0 aromatic carbocycles. The van der Waals surface area contributed by atoms with E-state index in [-0.39, 0.29) is 5.91 Å². The lowest BCUT2D eigenvalue weighted by Gasteiger charge is -2.35. The summed E-state index contributed by atoms with van der Waals surface area (Å²) in [6.45, 7) is 8.02. The first-order valence-electron chi connectivity index (χ1n) is 8.71. The van der Waals surface area contributed by atoms with Gasteiger partial charge in [-0.1, -0.05) is 0 Å². The highest BCUT2D eigenvalue weighted by Gasteiger charge is 2.25. The van der Waals surface area contributed by atoms with Gasteiger partial charge in [0.25, 0.3) is 5.91 Å². The quantitative estimate of drug-likeness (QED) is 0.848. The van der Waals surface area contributed by atoms with Crippen molar-refractivity contribution in [3.05, 3.63) is 29.7 Å². The van der Waals surface area contributed by atoms with Gasteiger partial charge in [0.15, 0.2) is 11.3 Å². The lowest BCUT2D eigenvalue weighted by molar-refractivity contribution is 0.0108. The molecule has 1 aliphatic rings. The Morgan fingerprint density at radius 3 is 2.84 bits per heavy atom. The number of carbonyl (C=O) groups is 1. The number of piperazine rings is 1. The summed E-state index contributed by atoms with van der Waals surface area (Å²) >= 11 is 0. The first-order chi connectivity index (χ1) is 12.1. The molecule has 0 spiro atoms. The fourth-order valence-electron chi connectivity index (χ4n) is 3.03. The Balaban J connectivity index is 1.55. The Morgan fingerprint density at radius 2 is 2.12 bits per heavy atom. The van der Waals surface area contributed by atoms with Gasteiger partial charge in [0.2, 0.25) is 0 Å². The first kappa shape index (κ1) is 17.8. The van der Waals surface area contributed by atoms with E-state index in [1.165, 1.54) is 0 Å². The molecule has 2 aromatic heterocycles. The summed E-state index contributed by atoms with van der Waals surface area (Å²) in [5.74, 6) is 0.225. The van der Waals surface area contributed by atoms with E-state index in [4.69, 9.17) is 9.15 Å². The maximum absolute atomic E-state index is 12.6. The maximum Gasteiger partial charge on any atom is 0.289 e. The number of hydrogen-bond acceptors (Lipinski definition) is 6. The minimum Gasteiger partial charge on any atom is -0.449 e. The van der Waals surface area contributed by atoms with Gasteiger partial charge in [0, 0.05) is 51.1 Å². The first-order valence-corrected chi connectivity index (χ1v) is 8.71. The zero-order valence-electron chi connectivity index (χ0n) is 14.8. The molecule has 0 radical (unpaired) electrons. The van der Waals surface area contributed by atoms with E-state index < -0.39 is 6.10 Å². The maximum atomic E-state index is 12.6. The van der Waals surface area contributed by atoms with Crippen LogP contribution >= 0.6 is 0 Å². The molecule has 7 heteroatoms. The van der Waals surface area contributed by atoms with Gasteiger partial charge in [-0.2, -0.15) is 0 Å². The lowest BCUT2D eigenvalue weighted by Crippen LogP contribution is -2.50. The average molecular weight is 347 g/mol. The zero-order valence-corrected chi connectivity index (χ0v) is 14.8. The van der Waals surface area contributed by atoms with Crippen molar-refractivity contribution < 1.29 is 19.1 Å². The molecule has 136 valence electrons. The zero-order chi connectivity index (χ0) is 17.8. The monoisotopic (exact) mass is 347 g/mol. The molecule has 1 aliphatic heterocycles. The summed E-state index contributed by atoms with van der Waals surface area (Å²) in [6.07, 6.45) is -0.494. The Bertz CT molecular complexity index is 722. The summed E-state index contributed by atoms with van der Waals surface area (Å²) in [4.78, 5) is 21.0. The number of rotatable bonds is 6. The average Bonchev–Trinajstić information content (AvgIpc) is 3.03. The van der Waals surface area contributed by atoms with E-state index in [0.717, 1.165) is 18.8 Å². The van der Waals surface area contributed by atoms with Crippen LogP contribution < -0.4 is 0 Å². The number of β-amino-alcohol motifs (C(OH)–C–C–N with tert-alkyl or cyclic N) is 1. The minimum atomic E-state index is -0.494. The number of amides is 1. The van der Waals surface area contributed by atoms with Crippen molar-refractivity contribution in [2.24, 2.45) is 0 Å². The van der Waals surface area contributed by atoms with E-state index >= 15 is 0 Å². The van der Waals surface area contributed by atoms with E-state index in [2.05, 4.69) is 9.88 Å². The number of aliphatic hydroxyl groups is 1. The third kappa shape index (κ3) is 4.36. The number of fused-ring (bicyclic) bond motifs is 1. The largest absolute Gasteiger partial charge is 0.449 e. The predicted molar refractivity (Wildman–Crippen MR) is 93.6 cm³/mol. The molecule has 1 atom stereocenters. The fraction of sp³-hybridized carbons (Fsp3) is 0.556.